The summed E-state index contributed by atoms with van der Waals surface area (Å²) in [6.45, 7) is 5.66. The number of rotatable bonds is 3. The molecule has 0 fully saturated rings. The Morgan fingerprint density at radius 2 is 2.25 bits per heavy atom. The van der Waals surface area contributed by atoms with E-state index in [9.17, 15) is 9.50 Å². The molecular weight excluding hydrogens is 223 g/mol. The molecule has 0 aliphatic carbocycles. The zero-order valence-electron chi connectivity index (χ0n) is 9.03. The van der Waals surface area contributed by atoms with Crippen molar-refractivity contribution in [2.24, 2.45) is 0 Å². The summed E-state index contributed by atoms with van der Waals surface area (Å²) in [6, 6.07) is 6.58. The van der Waals surface area contributed by atoms with Crippen LogP contribution in [0.25, 0.3) is 10.1 Å². The van der Waals surface area contributed by atoms with Crippen molar-refractivity contribution in [3.05, 3.63) is 47.1 Å². The van der Waals surface area contributed by atoms with E-state index in [1.165, 1.54) is 23.5 Å². The van der Waals surface area contributed by atoms with Gasteiger partial charge < -0.3 is 5.11 Å². The summed E-state index contributed by atoms with van der Waals surface area (Å²) in [4.78, 5) is 0.864. The van der Waals surface area contributed by atoms with Gasteiger partial charge in [0.25, 0.3) is 0 Å². The van der Waals surface area contributed by atoms with Crippen molar-refractivity contribution in [2.45, 2.75) is 19.4 Å². The minimum Gasteiger partial charge on any atom is -0.387 e. The molecule has 0 aliphatic rings. The normalized spacial score (nSPS) is 12.9. The highest BCUT2D eigenvalue weighted by molar-refractivity contribution is 7.19. The highest BCUT2D eigenvalue weighted by Gasteiger charge is 2.11. The van der Waals surface area contributed by atoms with Crippen molar-refractivity contribution in [3.8, 4) is 0 Å². The number of hydrogen-bond acceptors (Lipinski definition) is 2. The Hall–Kier alpha value is -1.19. The summed E-state index contributed by atoms with van der Waals surface area (Å²) >= 11 is 1.43. The van der Waals surface area contributed by atoms with Gasteiger partial charge in [-0.15, -0.1) is 17.9 Å². The van der Waals surface area contributed by atoms with Crippen LogP contribution in [0.3, 0.4) is 0 Å². The molecule has 1 aromatic heterocycles. The fourth-order valence-corrected chi connectivity index (χ4v) is 2.70. The third-order valence-corrected chi connectivity index (χ3v) is 3.57. The van der Waals surface area contributed by atoms with Gasteiger partial charge in [-0.3, -0.25) is 0 Å². The first-order chi connectivity index (χ1) is 7.56. The molecule has 0 aliphatic heterocycles. The van der Waals surface area contributed by atoms with E-state index in [2.05, 4.69) is 6.58 Å². The Morgan fingerprint density at radius 3 is 2.94 bits per heavy atom. The summed E-state index contributed by atoms with van der Waals surface area (Å²) in [5, 5.41) is 10.9. The van der Waals surface area contributed by atoms with Crippen LogP contribution < -0.4 is 0 Å². The van der Waals surface area contributed by atoms with E-state index >= 15 is 0 Å². The second-order valence-electron chi connectivity index (χ2n) is 4.01. The lowest BCUT2D eigenvalue weighted by Crippen LogP contribution is -1.93. The second kappa shape index (κ2) is 4.36. The standard InChI is InChI=1S/C13H13FOS/c1-8(2)5-11(15)13-6-9-3-4-10(14)7-12(9)16-13/h3-4,6-7,11,15H,1,5H2,2H3. The largest absolute Gasteiger partial charge is 0.387 e. The molecule has 16 heavy (non-hydrogen) atoms. The maximum Gasteiger partial charge on any atom is 0.124 e. The lowest BCUT2D eigenvalue weighted by Gasteiger charge is -2.06. The van der Waals surface area contributed by atoms with Crippen LogP contribution in [0.1, 0.15) is 24.3 Å². The van der Waals surface area contributed by atoms with Gasteiger partial charge in [-0.1, -0.05) is 11.6 Å². The van der Waals surface area contributed by atoms with Gasteiger partial charge >= 0.3 is 0 Å². The lowest BCUT2D eigenvalue weighted by molar-refractivity contribution is 0.182. The Kier molecular flexibility index (Phi) is 3.08. The first-order valence-electron chi connectivity index (χ1n) is 5.07. The summed E-state index contributed by atoms with van der Waals surface area (Å²) < 4.78 is 13.9. The maximum atomic E-state index is 13.0. The van der Waals surface area contributed by atoms with Crippen LogP contribution in [0.5, 0.6) is 0 Å². The molecule has 1 aromatic carbocycles. The third-order valence-electron chi connectivity index (χ3n) is 2.37. The topological polar surface area (TPSA) is 20.2 Å². The number of thiophene rings is 1. The fraction of sp³-hybridized carbons (Fsp3) is 0.231. The van der Waals surface area contributed by atoms with E-state index in [0.717, 1.165) is 20.5 Å². The van der Waals surface area contributed by atoms with E-state index < -0.39 is 6.10 Å². The zero-order chi connectivity index (χ0) is 11.7. The Labute approximate surface area is 97.8 Å². The van der Waals surface area contributed by atoms with Gasteiger partial charge in [-0.05, 0) is 36.9 Å². The predicted octanol–water partition coefficient (Wildman–Crippen LogP) is 4.04. The van der Waals surface area contributed by atoms with Gasteiger partial charge in [-0.2, -0.15) is 0 Å². The fourth-order valence-electron chi connectivity index (χ4n) is 1.62. The quantitative estimate of drug-likeness (QED) is 0.797. The molecular formula is C13H13FOS. The summed E-state index contributed by atoms with van der Waals surface area (Å²) in [5.41, 5.74) is 0.941. The number of hydrogen-bond donors (Lipinski definition) is 1. The van der Waals surface area contributed by atoms with Gasteiger partial charge in [0, 0.05) is 9.58 Å². The van der Waals surface area contributed by atoms with E-state index in [0.29, 0.717) is 6.42 Å². The summed E-state index contributed by atoms with van der Waals surface area (Å²) in [6.07, 6.45) is 0.0212. The summed E-state index contributed by atoms with van der Waals surface area (Å²) in [7, 11) is 0. The predicted molar refractivity (Wildman–Crippen MR) is 66.2 cm³/mol. The van der Waals surface area contributed by atoms with Gasteiger partial charge in [0.1, 0.15) is 5.82 Å². The number of halogens is 1. The molecule has 0 amide bonds. The van der Waals surface area contributed by atoms with Crippen LogP contribution in [0.4, 0.5) is 4.39 Å². The second-order valence-corrected chi connectivity index (χ2v) is 5.12. The van der Waals surface area contributed by atoms with Crippen LogP contribution in [0.15, 0.2) is 36.4 Å². The van der Waals surface area contributed by atoms with Crippen LogP contribution >= 0.6 is 11.3 Å². The highest BCUT2D eigenvalue weighted by atomic mass is 32.1. The molecule has 1 N–H and O–H groups in total. The molecule has 0 radical (unpaired) electrons. The van der Waals surface area contributed by atoms with Gasteiger partial charge in [-0.25, -0.2) is 4.39 Å². The third kappa shape index (κ3) is 2.31. The average molecular weight is 236 g/mol. The zero-order valence-corrected chi connectivity index (χ0v) is 9.85. The number of benzene rings is 1. The van der Waals surface area contributed by atoms with Crippen molar-refractivity contribution in [2.75, 3.05) is 0 Å². The minimum atomic E-state index is -0.530. The van der Waals surface area contributed by atoms with Crippen molar-refractivity contribution in [3.63, 3.8) is 0 Å². The monoisotopic (exact) mass is 236 g/mol. The molecule has 84 valence electrons. The highest BCUT2D eigenvalue weighted by Crippen LogP contribution is 2.32. The van der Waals surface area contributed by atoms with Gasteiger partial charge in [0.15, 0.2) is 0 Å². The molecule has 2 aromatic rings. The van der Waals surface area contributed by atoms with Gasteiger partial charge in [0.2, 0.25) is 0 Å². The van der Waals surface area contributed by atoms with Crippen molar-refractivity contribution in [1.29, 1.82) is 0 Å². The van der Waals surface area contributed by atoms with Crippen molar-refractivity contribution < 1.29 is 9.50 Å². The number of fused-ring (bicyclic) bond motifs is 1. The van der Waals surface area contributed by atoms with Crippen LogP contribution in [0, 0.1) is 5.82 Å². The Bertz CT molecular complexity index is 530. The van der Waals surface area contributed by atoms with E-state index in [-0.39, 0.29) is 5.82 Å². The molecule has 2 rings (SSSR count). The average Bonchev–Trinajstić information content (AvgIpc) is 2.59. The first-order valence-corrected chi connectivity index (χ1v) is 5.89. The van der Waals surface area contributed by atoms with Crippen molar-refractivity contribution >= 4 is 21.4 Å². The first kappa shape index (κ1) is 11.3. The van der Waals surface area contributed by atoms with Crippen LogP contribution in [-0.2, 0) is 0 Å². The molecule has 0 saturated carbocycles. The number of aliphatic hydroxyl groups excluding tert-OH is 1. The summed E-state index contributed by atoms with van der Waals surface area (Å²) in [5.74, 6) is -0.240. The van der Waals surface area contributed by atoms with Crippen LogP contribution in [-0.4, -0.2) is 5.11 Å². The molecule has 3 heteroatoms. The van der Waals surface area contributed by atoms with E-state index in [4.69, 9.17) is 0 Å². The Morgan fingerprint density at radius 1 is 1.50 bits per heavy atom. The molecule has 0 bridgehead atoms. The SMILES string of the molecule is C=C(C)CC(O)c1cc2ccc(F)cc2s1. The molecule has 0 spiro atoms. The minimum absolute atomic E-state index is 0.240. The Balaban J connectivity index is 2.35. The van der Waals surface area contributed by atoms with Crippen molar-refractivity contribution in [1.82, 2.24) is 0 Å². The smallest absolute Gasteiger partial charge is 0.124 e. The lowest BCUT2D eigenvalue weighted by atomic mass is 10.1. The molecule has 1 unspecified atom stereocenters. The van der Waals surface area contributed by atoms with E-state index in [1.807, 2.05) is 13.0 Å². The molecule has 0 saturated heterocycles. The maximum absolute atomic E-state index is 13.0. The molecule has 1 nitrogen and oxygen atoms in total. The molecule has 1 atom stereocenters. The molecule has 1 heterocycles. The number of aliphatic hydroxyl groups is 1. The van der Waals surface area contributed by atoms with Gasteiger partial charge in [0.05, 0.1) is 6.10 Å². The van der Waals surface area contributed by atoms with E-state index in [1.54, 1.807) is 6.07 Å². The van der Waals surface area contributed by atoms with Crippen LogP contribution in [0.2, 0.25) is 0 Å².